The van der Waals surface area contributed by atoms with E-state index >= 15 is 0 Å². The summed E-state index contributed by atoms with van der Waals surface area (Å²) in [6, 6.07) is 0.562. The number of nitrogens with zero attached hydrogens (tertiary/aromatic N) is 1. The third-order valence-corrected chi connectivity index (χ3v) is 5.58. The van der Waals surface area contributed by atoms with E-state index in [-0.39, 0.29) is 6.04 Å². The summed E-state index contributed by atoms with van der Waals surface area (Å²) in [6.07, 6.45) is 4.99. The van der Waals surface area contributed by atoms with Gasteiger partial charge >= 0.3 is 0 Å². The summed E-state index contributed by atoms with van der Waals surface area (Å²) >= 11 is 0. The van der Waals surface area contributed by atoms with E-state index in [1.54, 1.807) is 7.05 Å². The minimum atomic E-state index is -3.32. The van der Waals surface area contributed by atoms with Crippen LogP contribution in [-0.2, 0) is 10.2 Å². The van der Waals surface area contributed by atoms with Crippen LogP contribution in [0.5, 0.6) is 0 Å². The zero-order valence-electron chi connectivity index (χ0n) is 13.4. The maximum Gasteiger partial charge on any atom is 0.279 e. The van der Waals surface area contributed by atoms with Gasteiger partial charge in [0.25, 0.3) is 10.2 Å². The topological polar surface area (TPSA) is 61.4 Å². The Morgan fingerprint density at radius 2 is 1.80 bits per heavy atom. The zero-order valence-corrected chi connectivity index (χ0v) is 14.2. The quantitative estimate of drug-likeness (QED) is 0.671. The Labute approximate surface area is 124 Å². The van der Waals surface area contributed by atoms with Gasteiger partial charge in [-0.15, -0.1) is 0 Å². The third kappa shape index (κ3) is 6.52. The molecule has 0 aliphatic heterocycles. The van der Waals surface area contributed by atoms with Crippen molar-refractivity contribution in [3.8, 4) is 0 Å². The average molecular weight is 305 g/mol. The Balaban J connectivity index is 2.31. The predicted octanol–water partition coefficient (Wildman–Crippen LogP) is 1.72. The Morgan fingerprint density at radius 3 is 2.35 bits per heavy atom. The Morgan fingerprint density at radius 1 is 1.20 bits per heavy atom. The van der Waals surface area contributed by atoms with Crippen LogP contribution in [0.4, 0.5) is 0 Å². The molecule has 0 aromatic heterocycles. The smallest absolute Gasteiger partial charge is 0.279 e. The van der Waals surface area contributed by atoms with Crippen molar-refractivity contribution in [2.45, 2.75) is 65.0 Å². The second-order valence-corrected chi connectivity index (χ2v) is 8.17. The molecule has 0 radical (unpaired) electrons. The van der Waals surface area contributed by atoms with Crippen LogP contribution < -0.4 is 10.0 Å². The molecule has 1 aliphatic rings. The lowest BCUT2D eigenvalue weighted by molar-refractivity contribution is 0.325. The molecule has 6 heteroatoms. The first-order valence-corrected chi connectivity index (χ1v) is 9.22. The van der Waals surface area contributed by atoms with Gasteiger partial charge in [-0.05, 0) is 44.6 Å². The van der Waals surface area contributed by atoms with Gasteiger partial charge in [-0.3, -0.25) is 0 Å². The van der Waals surface area contributed by atoms with Crippen molar-refractivity contribution < 1.29 is 8.42 Å². The summed E-state index contributed by atoms with van der Waals surface area (Å²) in [5, 5.41) is 3.30. The van der Waals surface area contributed by atoms with Gasteiger partial charge in [0.1, 0.15) is 0 Å². The molecule has 0 aromatic rings. The molecule has 0 unspecified atom stereocenters. The Bertz CT molecular complexity index is 363. The van der Waals surface area contributed by atoms with Crippen LogP contribution in [0.3, 0.4) is 0 Å². The van der Waals surface area contributed by atoms with Gasteiger partial charge in [-0.25, -0.2) is 0 Å². The predicted molar refractivity (Wildman–Crippen MR) is 83.9 cm³/mol. The highest BCUT2D eigenvalue weighted by atomic mass is 32.2. The van der Waals surface area contributed by atoms with Gasteiger partial charge in [0.05, 0.1) is 0 Å². The normalized spacial score (nSPS) is 24.5. The fourth-order valence-electron chi connectivity index (χ4n) is 2.49. The first kappa shape index (κ1) is 17.9. The summed E-state index contributed by atoms with van der Waals surface area (Å²) in [4.78, 5) is 0. The number of nitrogens with one attached hydrogen (secondary N) is 2. The first-order valence-electron chi connectivity index (χ1n) is 7.78. The second kappa shape index (κ2) is 8.32. The van der Waals surface area contributed by atoms with E-state index in [2.05, 4.69) is 30.8 Å². The van der Waals surface area contributed by atoms with Crippen molar-refractivity contribution in [1.82, 2.24) is 14.3 Å². The third-order valence-electron chi connectivity index (χ3n) is 3.94. The van der Waals surface area contributed by atoms with Crippen LogP contribution in [0, 0.1) is 5.92 Å². The lowest BCUT2D eigenvalue weighted by Crippen LogP contribution is -2.45. The maximum atomic E-state index is 12.2. The van der Waals surface area contributed by atoms with Crippen molar-refractivity contribution >= 4 is 10.2 Å². The van der Waals surface area contributed by atoms with Crippen LogP contribution in [0.2, 0.25) is 0 Å². The molecule has 0 amide bonds. The molecular formula is C14H31N3O2S. The Kier molecular flexibility index (Phi) is 7.43. The van der Waals surface area contributed by atoms with Gasteiger partial charge in [-0.1, -0.05) is 20.8 Å². The minimum absolute atomic E-state index is 0.118. The largest absolute Gasteiger partial charge is 0.314 e. The summed E-state index contributed by atoms with van der Waals surface area (Å²) < 4.78 is 28.7. The lowest BCUT2D eigenvalue weighted by atomic mass is 9.88. The molecule has 120 valence electrons. The maximum absolute atomic E-state index is 12.2. The second-order valence-electron chi connectivity index (χ2n) is 6.36. The van der Waals surface area contributed by atoms with Crippen molar-refractivity contribution in [1.29, 1.82) is 0 Å². The molecule has 0 heterocycles. The van der Waals surface area contributed by atoms with Crippen molar-refractivity contribution in [2.75, 3.05) is 20.1 Å². The van der Waals surface area contributed by atoms with Crippen LogP contribution in [0.25, 0.3) is 0 Å². The standard InChI is InChI=1S/C14H31N3O2S/c1-12(2)15-10-5-11-17(4)20(18,19)16-14-8-6-13(3)7-9-14/h12-16H,5-11H2,1-4H3. The molecular weight excluding hydrogens is 274 g/mol. The lowest BCUT2D eigenvalue weighted by Gasteiger charge is -2.28. The highest BCUT2D eigenvalue weighted by Gasteiger charge is 2.25. The van der Waals surface area contributed by atoms with E-state index in [0.29, 0.717) is 12.6 Å². The molecule has 0 atom stereocenters. The molecule has 5 nitrogen and oxygen atoms in total. The molecule has 0 saturated heterocycles. The van der Waals surface area contributed by atoms with E-state index in [9.17, 15) is 8.42 Å². The molecule has 20 heavy (non-hydrogen) atoms. The van der Waals surface area contributed by atoms with Crippen molar-refractivity contribution in [3.63, 3.8) is 0 Å². The fourth-order valence-corrected chi connectivity index (χ4v) is 3.70. The van der Waals surface area contributed by atoms with Gasteiger partial charge in [0.2, 0.25) is 0 Å². The molecule has 1 rings (SSSR count). The number of hydrogen-bond donors (Lipinski definition) is 2. The summed E-state index contributed by atoms with van der Waals surface area (Å²) in [6.45, 7) is 7.81. The summed E-state index contributed by atoms with van der Waals surface area (Å²) in [5.74, 6) is 0.732. The molecule has 1 saturated carbocycles. The minimum Gasteiger partial charge on any atom is -0.314 e. The monoisotopic (exact) mass is 305 g/mol. The Hall–Kier alpha value is -0.170. The zero-order chi connectivity index (χ0) is 15.2. The van der Waals surface area contributed by atoms with Gasteiger partial charge in [0, 0.05) is 25.7 Å². The van der Waals surface area contributed by atoms with Crippen LogP contribution >= 0.6 is 0 Å². The summed E-state index contributed by atoms with van der Waals surface area (Å²) in [7, 11) is -1.67. The van der Waals surface area contributed by atoms with Gasteiger partial charge in [0.15, 0.2) is 0 Å². The average Bonchev–Trinajstić information content (AvgIpc) is 2.36. The van der Waals surface area contributed by atoms with E-state index in [1.165, 1.54) is 4.31 Å². The van der Waals surface area contributed by atoms with Crippen LogP contribution in [0.15, 0.2) is 0 Å². The number of hydrogen-bond acceptors (Lipinski definition) is 3. The van der Waals surface area contributed by atoms with Crippen LogP contribution in [0.1, 0.15) is 52.9 Å². The van der Waals surface area contributed by atoms with E-state index in [4.69, 9.17) is 0 Å². The molecule has 0 bridgehead atoms. The highest BCUT2D eigenvalue weighted by molar-refractivity contribution is 7.87. The SMILES string of the molecule is CC1CCC(NS(=O)(=O)N(C)CCCNC(C)C)CC1. The fraction of sp³-hybridized carbons (Fsp3) is 1.00. The van der Waals surface area contributed by atoms with Gasteiger partial charge in [-0.2, -0.15) is 17.4 Å². The first-order chi connectivity index (χ1) is 9.31. The molecule has 0 spiro atoms. The van der Waals surface area contributed by atoms with Crippen molar-refractivity contribution in [2.24, 2.45) is 5.92 Å². The molecule has 1 aliphatic carbocycles. The van der Waals surface area contributed by atoms with E-state index < -0.39 is 10.2 Å². The van der Waals surface area contributed by atoms with E-state index in [0.717, 1.165) is 44.6 Å². The molecule has 0 aromatic carbocycles. The van der Waals surface area contributed by atoms with Crippen LogP contribution in [-0.4, -0.2) is 44.9 Å². The summed E-state index contributed by atoms with van der Waals surface area (Å²) in [5.41, 5.74) is 0. The van der Waals surface area contributed by atoms with E-state index in [1.807, 2.05) is 0 Å². The molecule has 2 N–H and O–H groups in total. The number of rotatable bonds is 8. The van der Waals surface area contributed by atoms with Gasteiger partial charge < -0.3 is 5.32 Å². The molecule has 1 fully saturated rings. The highest BCUT2D eigenvalue weighted by Crippen LogP contribution is 2.24. The van der Waals surface area contributed by atoms with Crippen molar-refractivity contribution in [3.05, 3.63) is 0 Å².